The fourth-order valence-corrected chi connectivity index (χ4v) is 7.58. The SMILES string of the molecule is CCC(=O)OCC(=O)[C@@]1(O)CC[C@H]2[C@@H]3C[C@H](C)C4=CC(=O)C=C[C@@]4(C)[C@H]3[C@@H](O)C[C@@]21C. The van der Waals surface area contributed by atoms with Crippen molar-refractivity contribution in [3.05, 3.63) is 23.8 Å². The lowest BCUT2D eigenvalue weighted by atomic mass is 9.45. The van der Waals surface area contributed by atoms with Crippen LogP contribution in [-0.4, -0.2) is 46.1 Å². The van der Waals surface area contributed by atoms with E-state index in [1.807, 2.05) is 13.0 Å². The van der Waals surface area contributed by atoms with Crippen LogP contribution in [0, 0.1) is 34.5 Å². The van der Waals surface area contributed by atoms with E-state index in [0.717, 1.165) is 12.0 Å². The first-order valence-corrected chi connectivity index (χ1v) is 11.5. The molecule has 0 saturated heterocycles. The van der Waals surface area contributed by atoms with Gasteiger partial charge in [0.25, 0.3) is 0 Å². The third kappa shape index (κ3) is 3.09. The van der Waals surface area contributed by atoms with Crippen molar-refractivity contribution < 1.29 is 29.3 Å². The highest BCUT2D eigenvalue weighted by molar-refractivity contribution is 6.01. The van der Waals surface area contributed by atoms with E-state index in [4.69, 9.17) is 4.74 Å². The monoisotopic (exact) mass is 430 g/mol. The van der Waals surface area contributed by atoms with Crippen molar-refractivity contribution in [3.63, 3.8) is 0 Å². The minimum Gasteiger partial charge on any atom is -0.458 e. The molecule has 0 aromatic heterocycles. The Morgan fingerprint density at radius 1 is 1.29 bits per heavy atom. The first kappa shape index (κ1) is 22.4. The zero-order valence-corrected chi connectivity index (χ0v) is 18.9. The second kappa shape index (κ2) is 7.38. The summed E-state index contributed by atoms with van der Waals surface area (Å²) in [5, 5.41) is 23.0. The lowest BCUT2D eigenvalue weighted by Gasteiger charge is -2.60. The molecule has 3 saturated carbocycles. The third-order valence-corrected chi connectivity index (χ3v) is 9.08. The van der Waals surface area contributed by atoms with E-state index >= 15 is 0 Å². The van der Waals surface area contributed by atoms with Gasteiger partial charge in [-0.25, -0.2) is 0 Å². The summed E-state index contributed by atoms with van der Waals surface area (Å²) in [5.74, 6) is -0.615. The summed E-state index contributed by atoms with van der Waals surface area (Å²) in [4.78, 5) is 36.6. The van der Waals surface area contributed by atoms with Gasteiger partial charge < -0.3 is 14.9 Å². The Morgan fingerprint density at radius 3 is 2.68 bits per heavy atom. The van der Waals surface area contributed by atoms with Crippen LogP contribution in [0.15, 0.2) is 23.8 Å². The largest absolute Gasteiger partial charge is 0.458 e. The maximum Gasteiger partial charge on any atom is 0.305 e. The maximum absolute atomic E-state index is 13.0. The minimum absolute atomic E-state index is 0.00428. The van der Waals surface area contributed by atoms with Crippen LogP contribution in [0.5, 0.6) is 0 Å². The lowest BCUT2D eigenvalue weighted by molar-refractivity contribution is -0.182. The minimum atomic E-state index is -1.61. The summed E-state index contributed by atoms with van der Waals surface area (Å²) in [6.45, 7) is 7.38. The molecule has 0 aliphatic heterocycles. The highest BCUT2D eigenvalue weighted by atomic mass is 16.5. The van der Waals surface area contributed by atoms with E-state index in [-0.39, 0.29) is 35.9 Å². The lowest BCUT2D eigenvalue weighted by Crippen LogP contribution is -2.62. The Morgan fingerprint density at radius 2 is 2.00 bits per heavy atom. The topological polar surface area (TPSA) is 101 Å². The Hall–Kier alpha value is -1.79. The van der Waals surface area contributed by atoms with Gasteiger partial charge in [0.15, 0.2) is 12.4 Å². The molecule has 4 aliphatic rings. The average Bonchev–Trinajstić information content (AvgIpc) is 2.98. The van der Waals surface area contributed by atoms with Crippen molar-refractivity contribution in [1.29, 1.82) is 0 Å². The van der Waals surface area contributed by atoms with E-state index in [2.05, 4.69) is 13.8 Å². The van der Waals surface area contributed by atoms with Crippen LogP contribution in [0.3, 0.4) is 0 Å². The second-order valence-electron chi connectivity index (χ2n) is 10.6. The van der Waals surface area contributed by atoms with E-state index in [0.29, 0.717) is 19.3 Å². The number of allylic oxidation sites excluding steroid dienone is 4. The molecule has 0 heterocycles. The Kier molecular flexibility index (Phi) is 5.33. The molecule has 170 valence electrons. The molecule has 0 bridgehead atoms. The molecule has 0 radical (unpaired) electrons. The summed E-state index contributed by atoms with van der Waals surface area (Å²) in [5.41, 5.74) is -1.72. The maximum atomic E-state index is 13.0. The number of fused-ring (bicyclic) bond motifs is 5. The number of ketones is 2. The van der Waals surface area contributed by atoms with Gasteiger partial charge in [-0.2, -0.15) is 0 Å². The van der Waals surface area contributed by atoms with Gasteiger partial charge in [-0.15, -0.1) is 0 Å². The number of carbonyl (C=O) groups excluding carboxylic acids is 3. The predicted octanol–water partition coefficient (Wildman–Crippen LogP) is 2.76. The average molecular weight is 431 g/mol. The van der Waals surface area contributed by atoms with Crippen LogP contribution in [0.2, 0.25) is 0 Å². The molecule has 31 heavy (non-hydrogen) atoms. The molecule has 0 spiro atoms. The fourth-order valence-electron chi connectivity index (χ4n) is 7.58. The molecular formula is C25H34O6. The number of ether oxygens (including phenoxy) is 1. The van der Waals surface area contributed by atoms with Crippen LogP contribution in [0.25, 0.3) is 0 Å². The second-order valence-corrected chi connectivity index (χ2v) is 10.6. The molecule has 0 aromatic carbocycles. The number of aliphatic hydroxyl groups is 2. The summed E-state index contributed by atoms with van der Waals surface area (Å²) in [7, 11) is 0. The Balaban J connectivity index is 1.66. The Labute approximate surface area is 183 Å². The highest BCUT2D eigenvalue weighted by Gasteiger charge is 2.68. The summed E-state index contributed by atoms with van der Waals surface area (Å²) >= 11 is 0. The molecule has 6 nitrogen and oxygen atoms in total. The number of rotatable bonds is 4. The highest BCUT2D eigenvalue weighted by Crippen LogP contribution is 2.67. The van der Waals surface area contributed by atoms with Gasteiger partial charge in [-0.1, -0.05) is 39.3 Å². The normalized spacial score (nSPS) is 45.9. The van der Waals surface area contributed by atoms with E-state index < -0.39 is 40.9 Å². The molecule has 0 amide bonds. The van der Waals surface area contributed by atoms with Crippen molar-refractivity contribution >= 4 is 17.5 Å². The molecule has 3 fully saturated rings. The number of hydrogen-bond donors (Lipinski definition) is 2. The van der Waals surface area contributed by atoms with E-state index in [9.17, 15) is 24.6 Å². The van der Waals surface area contributed by atoms with Gasteiger partial charge in [0, 0.05) is 23.2 Å². The third-order valence-electron chi connectivity index (χ3n) is 9.08. The number of esters is 1. The first-order valence-electron chi connectivity index (χ1n) is 11.5. The molecule has 2 N–H and O–H groups in total. The summed E-state index contributed by atoms with van der Waals surface area (Å²) in [6.07, 6.45) is 6.90. The van der Waals surface area contributed by atoms with Crippen LogP contribution in [-0.2, 0) is 19.1 Å². The van der Waals surface area contributed by atoms with Gasteiger partial charge in [0.05, 0.1) is 6.10 Å². The Bertz CT molecular complexity index is 873. The van der Waals surface area contributed by atoms with Crippen molar-refractivity contribution in [3.8, 4) is 0 Å². The predicted molar refractivity (Wildman–Crippen MR) is 114 cm³/mol. The smallest absolute Gasteiger partial charge is 0.305 e. The van der Waals surface area contributed by atoms with E-state index in [1.165, 1.54) is 0 Å². The summed E-state index contributed by atoms with van der Waals surface area (Å²) < 4.78 is 5.04. The van der Waals surface area contributed by atoms with E-state index in [1.54, 1.807) is 19.1 Å². The van der Waals surface area contributed by atoms with Crippen LogP contribution in [0.1, 0.15) is 59.8 Å². The van der Waals surface area contributed by atoms with Gasteiger partial charge in [-0.3, -0.25) is 14.4 Å². The molecule has 0 aromatic rings. The van der Waals surface area contributed by atoms with Gasteiger partial charge in [0.2, 0.25) is 5.78 Å². The number of carbonyl (C=O) groups is 3. The number of Topliss-reactive ketones (excluding diaryl/α,β-unsaturated/α-hetero) is 1. The molecule has 8 atom stereocenters. The molecule has 4 aliphatic carbocycles. The zero-order chi connectivity index (χ0) is 22.8. The molecule has 4 rings (SSSR count). The molecule has 6 heteroatoms. The number of hydrogen-bond acceptors (Lipinski definition) is 6. The van der Waals surface area contributed by atoms with Crippen LogP contribution >= 0.6 is 0 Å². The van der Waals surface area contributed by atoms with Gasteiger partial charge >= 0.3 is 5.97 Å². The number of aliphatic hydroxyl groups excluding tert-OH is 1. The van der Waals surface area contributed by atoms with Crippen LogP contribution in [0.4, 0.5) is 0 Å². The van der Waals surface area contributed by atoms with Gasteiger partial charge in [0.1, 0.15) is 5.60 Å². The molecular weight excluding hydrogens is 396 g/mol. The van der Waals surface area contributed by atoms with Crippen molar-refractivity contribution in [2.24, 2.45) is 34.5 Å². The molecule has 0 unspecified atom stereocenters. The quantitative estimate of drug-likeness (QED) is 0.665. The van der Waals surface area contributed by atoms with Crippen molar-refractivity contribution in [1.82, 2.24) is 0 Å². The fraction of sp³-hybridized carbons (Fsp3) is 0.720. The standard InChI is InChI=1S/C25H34O6/c1-5-21(29)31-13-20(28)25(30)9-7-17-16-10-14(2)18-11-15(26)6-8-23(18,3)22(16)19(27)12-24(17,25)4/h6,8,11,14,16-17,19,22,27,30H,5,7,9-10,12-13H2,1-4H3/t14-,16-,17-,19-,22+,23+,24-,25-/m0/s1. The first-order chi connectivity index (χ1) is 14.5. The van der Waals surface area contributed by atoms with Crippen LogP contribution < -0.4 is 0 Å². The zero-order valence-electron chi connectivity index (χ0n) is 18.9. The van der Waals surface area contributed by atoms with Crippen molar-refractivity contribution in [2.75, 3.05) is 6.61 Å². The van der Waals surface area contributed by atoms with Crippen molar-refractivity contribution in [2.45, 2.75) is 71.5 Å². The van der Waals surface area contributed by atoms with Gasteiger partial charge in [-0.05, 0) is 55.6 Å². The summed E-state index contributed by atoms with van der Waals surface area (Å²) in [6, 6.07) is 0.